The molecule has 0 saturated heterocycles. The monoisotopic (exact) mass is 247 g/mol. The van der Waals surface area contributed by atoms with E-state index in [0.29, 0.717) is 0 Å². The van der Waals surface area contributed by atoms with E-state index in [-0.39, 0.29) is 6.04 Å². The van der Waals surface area contributed by atoms with Gasteiger partial charge in [0.15, 0.2) is 5.13 Å². The maximum atomic E-state index is 5.83. The van der Waals surface area contributed by atoms with Crippen LogP contribution in [0.4, 0.5) is 10.8 Å². The molecule has 1 atom stereocenters. The lowest BCUT2D eigenvalue weighted by Gasteiger charge is -2.19. The molecule has 0 spiro atoms. The van der Waals surface area contributed by atoms with Crippen molar-refractivity contribution in [1.82, 2.24) is 4.98 Å². The summed E-state index contributed by atoms with van der Waals surface area (Å²) in [6, 6.07) is 10.3. The molecule has 0 radical (unpaired) electrons. The van der Waals surface area contributed by atoms with Gasteiger partial charge in [0.05, 0.1) is 5.69 Å². The van der Waals surface area contributed by atoms with Gasteiger partial charge in [-0.1, -0.05) is 18.2 Å². The Morgan fingerprint density at radius 2 is 2.06 bits per heavy atom. The lowest BCUT2D eigenvalue weighted by molar-refractivity contribution is 0.787. The van der Waals surface area contributed by atoms with Gasteiger partial charge in [-0.15, -0.1) is 11.3 Å². The number of para-hydroxylation sites is 1. The van der Waals surface area contributed by atoms with E-state index in [1.807, 2.05) is 30.5 Å². The van der Waals surface area contributed by atoms with Crippen LogP contribution in [0.15, 0.2) is 35.7 Å². The van der Waals surface area contributed by atoms with Gasteiger partial charge in [-0.3, -0.25) is 0 Å². The molecule has 0 aliphatic heterocycles. The molecule has 1 unspecified atom stereocenters. The summed E-state index contributed by atoms with van der Waals surface area (Å²) in [5, 5.41) is 3.04. The van der Waals surface area contributed by atoms with E-state index in [1.54, 1.807) is 11.3 Å². The van der Waals surface area contributed by atoms with Crippen LogP contribution >= 0.6 is 11.3 Å². The third kappa shape index (κ3) is 2.65. The van der Waals surface area contributed by atoms with Gasteiger partial charge >= 0.3 is 0 Å². The van der Waals surface area contributed by atoms with Crippen molar-refractivity contribution in [2.45, 2.75) is 19.9 Å². The molecule has 4 heteroatoms. The minimum Gasteiger partial charge on any atom is -0.323 e. The van der Waals surface area contributed by atoms with E-state index in [9.17, 15) is 0 Å². The van der Waals surface area contributed by atoms with E-state index in [2.05, 4.69) is 28.9 Å². The summed E-state index contributed by atoms with van der Waals surface area (Å²) in [5.74, 6) is 0. The fraction of sp³-hybridized carbons (Fsp3) is 0.308. The zero-order valence-electron chi connectivity index (χ0n) is 10.1. The maximum absolute atomic E-state index is 5.83. The van der Waals surface area contributed by atoms with Crippen LogP contribution in [0.25, 0.3) is 0 Å². The van der Waals surface area contributed by atoms with E-state index < -0.39 is 0 Å². The number of hydrogen-bond acceptors (Lipinski definition) is 4. The number of thiazole rings is 1. The summed E-state index contributed by atoms with van der Waals surface area (Å²) >= 11 is 1.64. The number of anilines is 2. The first-order valence-electron chi connectivity index (χ1n) is 5.76. The summed E-state index contributed by atoms with van der Waals surface area (Å²) in [4.78, 5) is 6.77. The molecule has 17 heavy (non-hydrogen) atoms. The van der Waals surface area contributed by atoms with Gasteiger partial charge in [0, 0.05) is 23.7 Å². The number of hydrogen-bond donors (Lipinski definition) is 1. The first-order chi connectivity index (χ1) is 8.22. The third-order valence-corrected chi connectivity index (χ3v) is 3.47. The van der Waals surface area contributed by atoms with Gasteiger partial charge < -0.3 is 10.6 Å². The number of rotatable bonds is 4. The van der Waals surface area contributed by atoms with Crippen molar-refractivity contribution in [2.24, 2.45) is 5.73 Å². The second-order valence-corrected chi connectivity index (χ2v) is 4.76. The van der Waals surface area contributed by atoms with E-state index >= 15 is 0 Å². The van der Waals surface area contributed by atoms with Crippen molar-refractivity contribution < 1.29 is 0 Å². The fourth-order valence-electron chi connectivity index (χ4n) is 1.65. The van der Waals surface area contributed by atoms with Crippen molar-refractivity contribution >= 4 is 22.2 Å². The molecular formula is C13H17N3S. The zero-order valence-corrected chi connectivity index (χ0v) is 10.9. The summed E-state index contributed by atoms with van der Waals surface area (Å²) < 4.78 is 0. The normalized spacial score (nSPS) is 12.4. The standard InChI is InChI=1S/C13H17N3S/c1-3-16(11-7-5-4-6-8-11)13-15-12(9-17-13)10(2)14/h4-10H,3,14H2,1-2H3. The Balaban J connectivity index is 2.29. The SMILES string of the molecule is CCN(c1ccccc1)c1nc(C(C)N)cs1. The lowest BCUT2D eigenvalue weighted by Crippen LogP contribution is -2.16. The summed E-state index contributed by atoms with van der Waals surface area (Å²) in [6.07, 6.45) is 0. The minimum atomic E-state index is -0.00511. The molecule has 0 fully saturated rings. The summed E-state index contributed by atoms with van der Waals surface area (Å²) in [7, 11) is 0. The van der Waals surface area contributed by atoms with Crippen LogP contribution in [-0.4, -0.2) is 11.5 Å². The van der Waals surface area contributed by atoms with Crippen LogP contribution in [0.2, 0.25) is 0 Å². The van der Waals surface area contributed by atoms with E-state index in [1.165, 1.54) is 5.69 Å². The van der Waals surface area contributed by atoms with Crippen LogP contribution in [0.3, 0.4) is 0 Å². The topological polar surface area (TPSA) is 42.2 Å². The molecule has 0 aliphatic carbocycles. The Morgan fingerprint density at radius 3 is 2.59 bits per heavy atom. The van der Waals surface area contributed by atoms with Crippen molar-refractivity contribution in [2.75, 3.05) is 11.4 Å². The summed E-state index contributed by atoms with van der Waals surface area (Å²) in [6.45, 7) is 4.98. The lowest BCUT2D eigenvalue weighted by atomic mass is 10.3. The average molecular weight is 247 g/mol. The van der Waals surface area contributed by atoms with Crippen molar-refractivity contribution in [3.63, 3.8) is 0 Å². The molecular weight excluding hydrogens is 230 g/mol. The predicted octanol–water partition coefficient (Wildman–Crippen LogP) is 3.32. The Hall–Kier alpha value is -1.39. The maximum Gasteiger partial charge on any atom is 0.190 e. The van der Waals surface area contributed by atoms with Crippen molar-refractivity contribution in [3.05, 3.63) is 41.4 Å². The number of aromatic nitrogens is 1. The smallest absolute Gasteiger partial charge is 0.190 e. The molecule has 0 amide bonds. The van der Waals surface area contributed by atoms with Crippen molar-refractivity contribution in [1.29, 1.82) is 0 Å². The van der Waals surface area contributed by atoms with Crippen LogP contribution < -0.4 is 10.6 Å². The van der Waals surface area contributed by atoms with Gasteiger partial charge in [-0.05, 0) is 26.0 Å². The largest absolute Gasteiger partial charge is 0.323 e. The molecule has 1 aromatic heterocycles. The predicted molar refractivity (Wildman–Crippen MR) is 73.8 cm³/mol. The van der Waals surface area contributed by atoms with E-state index in [4.69, 9.17) is 5.73 Å². The third-order valence-electron chi connectivity index (χ3n) is 2.59. The zero-order chi connectivity index (χ0) is 12.3. The van der Waals surface area contributed by atoms with Gasteiger partial charge in [-0.2, -0.15) is 0 Å². The van der Waals surface area contributed by atoms with Gasteiger partial charge in [0.25, 0.3) is 0 Å². The molecule has 1 heterocycles. The quantitative estimate of drug-likeness (QED) is 0.901. The Labute approximate surface area is 106 Å². The molecule has 3 nitrogen and oxygen atoms in total. The average Bonchev–Trinajstić information content (AvgIpc) is 2.81. The number of nitrogens with two attached hydrogens (primary N) is 1. The van der Waals surface area contributed by atoms with Crippen LogP contribution in [0.1, 0.15) is 25.6 Å². The minimum absolute atomic E-state index is 0.00511. The molecule has 2 N–H and O–H groups in total. The number of nitrogens with zero attached hydrogens (tertiary/aromatic N) is 2. The highest BCUT2D eigenvalue weighted by atomic mass is 32.1. The summed E-state index contributed by atoms with van der Waals surface area (Å²) in [5.41, 5.74) is 7.96. The Morgan fingerprint density at radius 1 is 1.35 bits per heavy atom. The second kappa shape index (κ2) is 5.29. The molecule has 0 bridgehead atoms. The highest BCUT2D eigenvalue weighted by Crippen LogP contribution is 2.29. The molecule has 2 rings (SSSR count). The Kier molecular flexibility index (Phi) is 3.76. The number of benzene rings is 1. The van der Waals surface area contributed by atoms with Gasteiger partial charge in [0.1, 0.15) is 0 Å². The first-order valence-corrected chi connectivity index (χ1v) is 6.64. The molecule has 0 aliphatic rings. The Bertz CT molecular complexity index is 465. The van der Waals surface area contributed by atoms with Gasteiger partial charge in [-0.25, -0.2) is 4.98 Å². The second-order valence-electron chi connectivity index (χ2n) is 3.92. The molecule has 90 valence electrons. The molecule has 1 aromatic carbocycles. The van der Waals surface area contributed by atoms with E-state index in [0.717, 1.165) is 17.4 Å². The molecule has 0 saturated carbocycles. The fourth-order valence-corrected chi connectivity index (χ4v) is 2.66. The highest BCUT2D eigenvalue weighted by molar-refractivity contribution is 7.13. The first kappa shape index (κ1) is 12.1. The van der Waals surface area contributed by atoms with Crippen LogP contribution in [-0.2, 0) is 0 Å². The van der Waals surface area contributed by atoms with Crippen LogP contribution in [0, 0.1) is 0 Å². The van der Waals surface area contributed by atoms with Crippen LogP contribution in [0.5, 0.6) is 0 Å². The highest BCUT2D eigenvalue weighted by Gasteiger charge is 2.12. The molecule has 2 aromatic rings. The van der Waals surface area contributed by atoms with Gasteiger partial charge in [0.2, 0.25) is 0 Å². The van der Waals surface area contributed by atoms with Crippen molar-refractivity contribution in [3.8, 4) is 0 Å².